The predicted octanol–water partition coefficient (Wildman–Crippen LogP) is 2.39. The maximum Gasteiger partial charge on any atom is 0.141 e. The summed E-state index contributed by atoms with van der Waals surface area (Å²) in [6.07, 6.45) is 4.09. The number of ether oxygens (including phenoxy) is 1. The van der Waals surface area contributed by atoms with Gasteiger partial charge >= 0.3 is 0 Å². The van der Waals surface area contributed by atoms with E-state index in [2.05, 4.69) is 17.2 Å². The fourth-order valence-electron chi connectivity index (χ4n) is 2.06. The number of nitrogens with one attached hydrogen (secondary N) is 1. The molecule has 5 heteroatoms. The first-order valence-corrected chi connectivity index (χ1v) is 7.50. The lowest BCUT2D eigenvalue weighted by atomic mass is 10.0. The average molecular weight is 270 g/mol. The minimum atomic E-state index is -0.292. The van der Waals surface area contributed by atoms with E-state index in [0.717, 1.165) is 36.6 Å². The second-order valence-corrected chi connectivity index (χ2v) is 5.50. The van der Waals surface area contributed by atoms with Gasteiger partial charge in [0.15, 0.2) is 0 Å². The van der Waals surface area contributed by atoms with Crippen LogP contribution in [-0.2, 0) is 4.74 Å². The fourth-order valence-corrected chi connectivity index (χ4v) is 2.96. The number of rotatable bonds is 5. The Morgan fingerprint density at radius 1 is 1.61 bits per heavy atom. The van der Waals surface area contributed by atoms with Crippen LogP contribution in [0.2, 0.25) is 0 Å². The zero-order valence-corrected chi connectivity index (χ0v) is 11.4. The van der Waals surface area contributed by atoms with Crippen LogP contribution >= 0.6 is 11.8 Å². The molecule has 2 unspecified atom stereocenters. The molecule has 18 heavy (non-hydrogen) atoms. The summed E-state index contributed by atoms with van der Waals surface area (Å²) in [6.45, 7) is 3.78. The van der Waals surface area contributed by atoms with Gasteiger partial charge in [-0.25, -0.2) is 4.39 Å². The van der Waals surface area contributed by atoms with Crippen molar-refractivity contribution in [3.8, 4) is 0 Å². The van der Waals surface area contributed by atoms with Crippen LogP contribution in [0.4, 0.5) is 4.39 Å². The van der Waals surface area contributed by atoms with Gasteiger partial charge in [0.2, 0.25) is 0 Å². The van der Waals surface area contributed by atoms with Crippen molar-refractivity contribution >= 4 is 11.8 Å². The highest BCUT2D eigenvalue weighted by molar-refractivity contribution is 7.99. The first-order valence-electron chi connectivity index (χ1n) is 6.34. The molecule has 2 rings (SSSR count). The van der Waals surface area contributed by atoms with E-state index in [0.29, 0.717) is 0 Å². The molecule has 0 aliphatic carbocycles. The SMILES string of the molecule is CCCNC(c1cncc(F)c1)C1CSCCO1. The van der Waals surface area contributed by atoms with Gasteiger partial charge in [0.05, 0.1) is 24.9 Å². The van der Waals surface area contributed by atoms with Gasteiger partial charge in [-0.05, 0) is 24.6 Å². The Morgan fingerprint density at radius 3 is 3.17 bits per heavy atom. The standard InChI is InChI=1S/C13H19FN2OS/c1-2-3-16-13(12-9-18-5-4-17-12)10-6-11(14)8-15-7-10/h6-8,12-13,16H,2-5,9H2,1H3. The Balaban J connectivity index is 2.12. The van der Waals surface area contributed by atoms with Crippen LogP contribution in [-0.4, -0.2) is 35.7 Å². The summed E-state index contributed by atoms with van der Waals surface area (Å²) in [4.78, 5) is 3.93. The van der Waals surface area contributed by atoms with Crippen LogP contribution < -0.4 is 5.32 Å². The molecule has 0 amide bonds. The fraction of sp³-hybridized carbons (Fsp3) is 0.615. The molecule has 2 heterocycles. The number of halogens is 1. The number of thioether (sulfide) groups is 1. The Kier molecular flexibility index (Phi) is 5.41. The Hall–Kier alpha value is -0.650. The van der Waals surface area contributed by atoms with Crippen molar-refractivity contribution in [2.45, 2.75) is 25.5 Å². The Bertz CT molecular complexity index is 372. The molecule has 1 fully saturated rings. The van der Waals surface area contributed by atoms with Crippen molar-refractivity contribution in [1.82, 2.24) is 10.3 Å². The highest BCUT2D eigenvalue weighted by Crippen LogP contribution is 2.25. The topological polar surface area (TPSA) is 34.2 Å². The quantitative estimate of drug-likeness (QED) is 0.891. The lowest BCUT2D eigenvalue weighted by molar-refractivity contribution is 0.0466. The van der Waals surface area contributed by atoms with Crippen molar-refractivity contribution in [3.05, 3.63) is 29.8 Å². The molecule has 0 spiro atoms. The molecule has 1 aliphatic heterocycles. The van der Waals surface area contributed by atoms with Gasteiger partial charge < -0.3 is 10.1 Å². The van der Waals surface area contributed by atoms with Crippen LogP contribution in [0, 0.1) is 5.82 Å². The van der Waals surface area contributed by atoms with Crippen LogP contribution in [0.15, 0.2) is 18.5 Å². The van der Waals surface area contributed by atoms with Crippen LogP contribution in [0.5, 0.6) is 0 Å². The lowest BCUT2D eigenvalue weighted by Crippen LogP contribution is -2.38. The molecule has 1 N–H and O–H groups in total. The maximum atomic E-state index is 13.3. The normalized spacial score (nSPS) is 21.8. The monoisotopic (exact) mass is 270 g/mol. The molecule has 1 aromatic rings. The largest absolute Gasteiger partial charge is 0.375 e. The molecule has 100 valence electrons. The van der Waals surface area contributed by atoms with Crippen molar-refractivity contribution in [3.63, 3.8) is 0 Å². The Labute approximate surface area is 112 Å². The summed E-state index contributed by atoms with van der Waals surface area (Å²) in [5, 5.41) is 3.44. The highest BCUT2D eigenvalue weighted by Gasteiger charge is 2.26. The van der Waals surface area contributed by atoms with Crippen LogP contribution in [0.25, 0.3) is 0 Å². The molecular weight excluding hydrogens is 251 g/mol. The molecule has 0 bridgehead atoms. The van der Waals surface area contributed by atoms with E-state index in [1.807, 2.05) is 11.8 Å². The third-order valence-corrected chi connectivity index (χ3v) is 3.93. The van der Waals surface area contributed by atoms with E-state index in [1.165, 1.54) is 6.20 Å². The van der Waals surface area contributed by atoms with Gasteiger partial charge in [-0.2, -0.15) is 11.8 Å². The van der Waals surface area contributed by atoms with Gasteiger partial charge in [0.1, 0.15) is 5.82 Å². The summed E-state index contributed by atoms with van der Waals surface area (Å²) in [7, 11) is 0. The van der Waals surface area contributed by atoms with Gasteiger partial charge in [-0.3, -0.25) is 4.98 Å². The van der Waals surface area contributed by atoms with Gasteiger partial charge in [-0.15, -0.1) is 0 Å². The van der Waals surface area contributed by atoms with E-state index < -0.39 is 0 Å². The minimum Gasteiger partial charge on any atom is -0.375 e. The van der Waals surface area contributed by atoms with Crippen molar-refractivity contribution in [2.75, 3.05) is 24.7 Å². The smallest absolute Gasteiger partial charge is 0.141 e. The zero-order valence-electron chi connectivity index (χ0n) is 10.6. The summed E-state index contributed by atoms with van der Waals surface area (Å²) < 4.78 is 19.1. The molecule has 1 saturated heterocycles. The second-order valence-electron chi connectivity index (χ2n) is 4.35. The molecule has 3 nitrogen and oxygen atoms in total. The number of hydrogen-bond acceptors (Lipinski definition) is 4. The summed E-state index contributed by atoms with van der Waals surface area (Å²) >= 11 is 1.88. The average Bonchev–Trinajstić information content (AvgIpc) is 2.40. The minimum absolute atomic E-state index is 0.0287. The molecule has 0 saturated carbocycles. The molecular formula is C13H19FN2OS. The van der Waals surface area contributed by atoms with Crippen LogP contribution in [0.3, 0.4) is 0 Å². The Morgan fingerprint density at radius 2 is 2.50 bits per heavy atom. The summed E-state index contributed by atoms with van der Waals surface area (Å²) in [5.74, 6) is 1.69. The number of aromatic nitrogens is 1. The molecule has 0 aromatic carbocycles. The zero-order chi connectivity index (χ0) is 12.8. The first kappa shape index (κ1) is 13.8. The third kappa shape index (κ3) is 3.67. The third-order valence-electron chi connectivity index (χ3n) is 2.91. The summed E-state index contributed by atoms with van der Waals surface area (Å²) in [6, 6.07) is 1.57. The molecule has 0 radical (unpaired) electrons. The molecule has 1 aliphatic rings. The number of pyridine rings is 1. The summed E-state index contributed by atoms with van der Waals surface area (Å²) in [5.41, 5.74) is 0.871. The van der Waals surface area contributed by atoms with E-state index in [1.54, 1.807) is 12.3 Å². The predicted molar refractivity (Wildman–Crippen MR) is 72.3 cm³/mol. The van der Waals surface area contributed by atoms with E-state index in [-0.39, 0.29) is 18.0 Å². The maximum absolute atomic E-state index is 13.3. The number of hydrogen-bond donors (Lipinski definition) is 1. The molecule has 1 aromatic heterocycles. The first-order chi connectivity index (χ1) is 8.81. The lowest BCUT2D eigenvalue weighted by Gasteiger charge is -2.31. The van der Waals surface area contributed by atoms with Gasteiger partial charge in [0, 0.05) is 17.7 Å². The van der Waals surface area contributed by atoms with Crippen molar-refractivity contribution < 1.29 is 9.13 Å². The van der Waals surface area contributed by atoms with E-state index in [4.69, 9.17) is 4.74 Å². The van der Waals surface area contributed by atoms with E-state index in [9.17, 15) is 4.39 Å². The number of nitrogens with zero attached hydrogens (tertiary/aromatic N) is 1. The van der Waals surface area contributed by atoms with Gasteiger partial charge in [0.25, 0.3) is 0 Å². The van der Waals surface area contributed by atoms with Crippen molar-refractivity contribution in [1.29, 1.82) is 0 Å². The highest BCUT2D eigenvalue weighted by atomic mass is 32.2. The van der Waals surface area contributed by atoms with Gasteiger partial charge in [-0.1, -0.05) is 6.92 Å². The molecule has 2 atom stereocenters. The van der Waals surface area contributed by atoms with E-state index >= 15 is 0 Å². The van der Waals surface area contributed by atoms with Crippen molar-refractivity contribution in [2.24, 2.45) is 0 Å². The second kappa shape index (κ2) is 7.07. The van der Waals surface area contributed by atoms with Crippen LogP contribution in [0.1, 0.15) is 24.9 Å².